The molecule has 1 unspecified atom stereocenters. The number of rotatable bonds is 1. The van der Waals surface area contributed by atoms with Gasteiger partial charge in [-0.25, -0.2) is 4.98 Å². The molecule has 11 heavy (non-hydrogen) atoms. The number of aryl methyl sites for hydroxylation is 1. The maximum Gasteiger partial charge on any atom is 0.110 e. The van der Waals surface area contributed by atoms with Gasteiger partial charge in [-0.15, -0.1) is 11.3 Å². The van der Waals surface area contributed by atoms with Crippen LogP contribution in [0.15, 0.2) is 5.38 Å². The molecule has 2 heterocycles. The van der Waals surface area contributed by atoms with Crippen molar-refractivity contribution < 1.29 is 0 Å². The fraction of sp³-hybridized carbons (Fsp3) is 0.625. The number of hydrogen-bond donors (Lipinski definition) is 1. The van der Waals surface area contributed by atoms with Crippen molar-refractivity contribution in [1.82, 2.24) is 10.3 Å². The molecule has 0 radical (unpaired) electrons. The zero-order chi connectivity index (χ0) is 7.68. The van der Waals surface area contributed by atoms with Crippen LogP contribution in [0.3, 0.4) is 0 Å². The monoisotopic (exact) mass is 168 g/mol. The average molecular weight is 168 g/mol. The molecule has 0 bridgehead atoms. The van der Waals surface area contributed by atoms with E-state index in [2.05, 4.69) is 22.6 Å². The molecule has 1 aliphatic rings. The zero-order valence-corrected chi connectivity index (χ0v) is 7.45. The van der Waals surface area contributed by atoms with Crippen molar-refractivity contribution >= 4 is 11.3 Å². The van der Waals surface area contributed by atoms with Gasteiger partial charge in [-0.1, -0.05) is 0 Å². The predicted octanol–water partition coefficient (Wildman–Crippen LogP) is 1.88. The summed E-state index contributed by atoms with van der Waals surface area (Å²) in [6, 6.07) is 0.550. The quantitative estimate of drug-likeness (QED) is 0.692. The van der Waals surface area contributed by atoms with Crippen LogP contribution < -0.4 is 5.32 Å². The lowest BCUT2D eigenvalue weighted by Gasteiger charge is -2.03. The standard InChI is InChI=1S/C8H12N2S/c1-6-5-11-8(10-6)7-3-2-4-9-7/h5,7,9H,2-4H2,1H3. The first-order chi connectivity index (χ1) is 5.36. The fourth-order valence-corrected chi connectivity index (χ4v) is 2.33. The molecule has 1 N–H and O–H groups in total. The molecular formula is C8H12N2S. The molecule has 1 fully saturated rings. The van der Waals surface area contributed by atoms with Crippen LogP contribution in [0.5, 0.6) is 0 Å². The van der Waals surface area contributed by atoms with Crippen LogP contribution in [0.25, 0.3) is 0 Å². The third kappa shape index (κ3) is 1.44. The summed E-state index contributed by atoms with van der Waals surface area (Å²) in [7, 11) is 0. The summed E-state index contributed by atoms with van der Waals surface area (Å²) in [5.41, 5.74) is 1.15. The van der Waals surface area contributed by atoms with Gasteiger partial charge < -0.3 is 5.32 Å². The van der Waals surface area contributed by atoms with Crippen LogP contribution in [0.1, 0.15) is 29.6 Å². The normalized spacial score (nSPS) is 24.3. The topological polar surface area (TPSA) is 24.9 Å². The summed E-state index contributed by atoms with van der Waals surface area (Å²) in [6.07, 6.45) is 2.55. The Morgan fingerprint density at radius 1 is 1.73 bits per heavy atom. The van der Waals surface area contributed by atoms with E-state index in [1.165, 1.54) is 17.8 Å². The number of nitrogens with one attached hydrogen (secondary N) is 1. The van der Waals surface area contributed by atoms with Crippen molar-refractivity contribution in [2.75, 3.05) is 6.54 Å². The lowest BCUT2D eigenvalue weighted by atomic mass is 10.2. The predicted molar refractivity (Wildman–Crippen MR) is 46.8 cm³/mol. The van der Waals surface area contributed by atoms with Gasteiger partial charge in [0.1, 0.15) is 5.01 Å². The van der Waals surface area contributed by atoms with Crippen molar-refractivity contribution in [3.63, 3.8) is 0 Å². The van der Waals surface area contributed by atoms with E-state index >= 15 is 0 Å². The Bertz CT molecular complexity index is 238. The first kappa shape index (κ1) is 7.25. The molecule has 0 saturated carbocycles. The number of hydrogen-bond acceptors (Lipinski definition) is 3. The molecule has 2 rings (SSSR count). The van der Waals surface area contributed by atoms with E-state index in [1.807, 2.05) is 0 Å². The van der Waals surface area contributed by atoms with Crippen molar-refractivity contribution in [2.24, 2.45) is 0 Å². The summed E-state index contributed by atoms with van der Waals surface area (Å²) < 4.78 is 0. The Hall–Kier alpha value is -0.410. The molecule has 1 atom stereocenters. The van der Waals surface area contributed by atoms with Gasteiger partial charge in [-0.2, -0.15) is 0 Å². The van der Waals surface area contributed by atoms with Crippen molar-refractivity contribution in [3.8, 4) is 0 Å². The van der Waals surface area contributed by atoms with Gasteiger partial charge in [0, 0.05) is 11.1 Å². The Morgan fingerprint density at radius 3 is 3.18 bits per heavy atom. The molecule has 0 amide bonds. The minimum atomic E-state index is 0.550. The van der Waals surface area contributed by atoms with E-state index in [4.69, 9.17) is 0 Å². The number of aromatic nitrogens is 1. The molecule has 0 aromatic carbocycles. The van der Waals surface area contributed by atoms with Gasteiger partial charge in [0.15, 0.2) is 0 Å². The Balaban J connectivity index is 2.15. The largest absolute Gasteiger partial charge is 0.308 e. The second kappa shape index (κ2) is 2.91. The van der Waals surface area contributed by atoms with Crippen LogP contribution in [0.4, 0.5) is 0 Å². The lowest BCUT2D eigenvalue weighted by molar-refractivity contribution is 0.641. The summed E-state index contributed by atoms with van der Waals surface area (Å²) >= 11 is 1.77. The van der Waals surface area contributed by atoms with Gasteiger partial charge in [0.05, 0.1) is 6.04 Å². The molecule has 2 nitrogen and oxygen atoms in total. The van der Waals surface area contributed by atoms with Crippen LogP contribution in [0, 0.1) is 6.92 Å². The second-order valence-electron chi connectivity index (χ2n) is 2.98. The smallest absolute Gasteiger partial charge is 0.110 e. The Kier molecular flexibility index (Phi) is 1.92. The van der Waals surface area contributed by atoms with Gasteiger partial charge in [-0.05, 0) is 26.3 Å². The first-order valence-corrected chi connectivity index (χ1v) is 4.89. The molecule has 1 aromatic heterocycles. The maximum atomic E-state index is 4.45. The van der Waals surface area contributed by atoms with E-state index in [1.54, 1.807) is 11.3 Å². The second-order valence-corrected chi connectivity index (χ2v) is 3.87. The number of nitrogens with zero attached hydrogens (tertiary/aromatic N) is 1. The first-order valence-electron chi connectivity index (χ1n) is 4.01. The molecule has 60 valence electrons. The highest BCUT2D eigenvalue weighted by atomic mass is 32.1. The summed E-state index contributed by atoms with van der Waals surface area (Å²) in [6.45, 7) is 3.21. The highest BCUT2D eigenvalue weighted by molar-refractivity contribution is 7.09. The van der Waals surface area contributed by atoms with E-state index in [0.29, 0.717) is 6.04 Å². The highest BCUT2D eigenvalue weighted by Crippen LogP contribution is 2.25. The average Bonchev–Trinajstić information content (AvgIpc) is 2.55. The van der Waals surface area contributed by atoms with Gasteiger partial charge in [0.25, 0.3) is 0 Å². The van der Waals surface area contributed by atoms with Crippen LogP contribution in [-0.2, 0) is 0 Å². The molecule has 0 spiro atoms. The minimum Gasteiger partial charge on any atom is -0.308 e. The molecule has 1 saturated heterocycles. The maximum absolute atomic E-state index is 4.45. The minimum absolute atomic E-state index is 0.550. The van der Waals surface area contributed by atoms with Crippen molar-refractivity contribution in [1.29, 1.82) is 0 Å². The van der Waals surface area contributed by atoms with E-state index in [9.17, 15) is 0 Å². The third-order valence-electron chi connectivity index (χ3n) is 2.00. The Labute approximate surface area is 70.7 Å². The third-order valence-corrected chi connectivity index (χ3v) is 3.07. The van der Waals surface area contributed by atoms with Crippen LogP contribution in [0.2, 0.25) is 0 Å². The molecular weight excluding hydrogens is 156 g/mol. The van der Waals surface area contributed by atoms with Crippen molar-refractivity contribution in [2.45, 2.75) is 25.8 Å². The summed E-state index contributed by atoms with van der Waals surface area (Å²) in [5.74, 6) is 0. The molecule has 0 aliphatic carbocycles. The van der Waals surface area contributed by atoms with Gasteiger partial charge >= 0.3 is 0 Å². The zero-order valence-electron chi connectivity index (χ0n) is 6.63. The van der Waals surface area contributed by atoms with E-state index < -0.39 is 0 Å². The van der Waals surface area contributed by atoms with E-state index in [0.717, 1.165) is 12.2 Å². The summed E-state index contributed by atoms with van der Waals surface area (Å²) in [5, 5.41) is 6.82. The fourth-order valence-electron chi connectivity index (χ4n) is 1.43. The molecule has 1 aromatic rings. The SMILES string of the molecule is Cc1csc(C2CCCN2)n1. The molecule has 3 heteroatoms. The number of thiazole rings is 1. The van der Waals surface area contributed by atoms with Crippen molar-refractivity contribution in [3.05, 3.63) is 16.1 Å². The van der Waals surface area contributed by atoms with Gasteiger partial charge in [-0.3, -0.25) is 0 Å². The summed E-state index contributed by atoms with van der Waals surface area (Å²) in [4.78, 5) is 4.45. The van der Waals surface area contributed by atoms with E-state index in [-0.39, 0.29) is 0 Å². The van der Waals surface area contributed by atoms with Crippen LogP contribution >= 0.6 is 11.3 Å². The lowest BCUT2D eigenvalue weighted by Crippen LogP contribution is -2.12. The molecule has 1 aliphatic heterocycles. The van der Waals surface area contributed by atoms with Gasteiger partial charge in [0.2, 0.25) is 0 Å². The Morgan fingerprint density at radius 2 is 2.64 bits per heavy atom. The highest BCUT2D eigenvalue weighted by Gasteiger charge is 2.18. The van der Waals surface area contributed by atoms with Crippen LogP contribution in [-0.4, -0.2) is 11.5 Å².